The van der Waals surface area contributed by atoms with E-state index in [-0.39, 0.29) is 0 Å². The quantitative estimate of drug-likeness (QED) is 0.138. The number of benzene rings is 12. The first-order valence-electron chi connectivity index (χ1n) is 40.6. The van der Waals surface area contributed by atoms with Crippen molar-refractivity contribution in [1.82, 2.24) is 57.5 Å². The Balaban J connectivity index is 0.0000000828. The van der Waals surface area contributed by atoms with E-state index in [1.165, 1.54) is 205 Å². The average Bonchev–Trinajstić information content (AvgIpc) is 1.55. The van der Waals surface area contributed by atoms with Crippen LogP contribution in [0.2, 0.25) is 0 Å². The summed E-state index contributed by atoms with van der Waals surface area (Å²) in [5.41, 5.74) is 8.84. The third-order valence-electron chi connectivity index (χ3n) is 25.4. The monoisotopic (exact) mass is 1720 g/mol. The number of rotatable bonds is 0. The Hall–Kier alpha value is -14.2. The molecule has 0 atom stereocenters. The van der Waals surface area contributed by atoms with Crippen LogP contribution in [0.15, 0.2) is 318 Å². The molecule has 0 saturated carbocycles. The molecule has 0 aliphatic rings. The molecule has 0 bridgehead atoms. The summed E-state index contributed by atoms with van der Waals surface area (Å²) in [6.07, 6.45) is 31.1. The van der Waals surface area contributed by atoms with Gasteiger partial charge in [-0.25, -0.2) is 19.9 Å². The van der Waals surface area contributed by atoms with E-state index in [9.17, 15) is 0 Å². The number of hydrogen-bond donors (Lipinski definition) is 0. The number of imidazole rings is 4. The van der Waals surface area contributed by atoms with E-state index in [1.54, 1.807) is 0 Å². The van der Waals surface area contributed by atoms with Crippen LogP contribution in [0.3, 0.4) is 0 Å². The zero-order valence-electron chi connectivity index (χ0n) is 64.7. The Kier molecular flexibility index (Phi) is 14.2. The Bertz CT molecular complexity index is 10200. The molecule has 12 nitrogen and oxygen atoms in total. The Morgan fingerprint density at radius 1 is 0.169 bits per heavy atom. The van der Waals surface area contributed by atoms with Gasteiger partial charge in [0.1, 0.15) is 22.6 Å². The van der Waals surface area contributed by atoms with E-state index in [4.69, 9.17) is 0 Å². The van der Waals surface area contributed by atoms with Crippen LogP contribution in [0.1, 0.15) is 0 Å². The summed E-state index contributed by atoms with van der Waals surface area (Å²) in [5.74, 6) is 0. The molecule has 0 aliphatic carbocycles. The number of thiophene rings is 8. The number of aromatic nitrogens is 12. The molecule has 20 heteroatoms. The average molecular weight is 1730 g/mol. The maximum Gasteiger partial charge on any atom is 0.145 e. The molecule has 0 fully saturated rings. The molecule has 576 valence electrons. The summed E-state index contributed by atoms with van der Waals surface area (Å²) in [7, 11) is 0. The largest absolute Gasteiger partial charge is 0.298 e. The first-order chi connectivity index (χ1) is 61.5. The first kappa shape index (κ1) is 68.5. The standard InChI is InChI=1S/4C26H13N3S2/c1-2-4-21-14(3-1)18-11-23-19(12-22(18)30-21)16-6-5-15-20-13-27-8-7-17(20)26-28-9-10-29(26)24(15)25(16)31-23;1-2-4-21-14(3-1)18-11-19-16-6-5-15-20-13-27-8-7-17(20)26-28-9-10-29(26)24(15)25(16)31-23(19)12-22(18)30-21;1-2-4-20-18(3-1)22-21(30-20)8-7-15-16-6-5-14-19-13-27-10-9-17(19)26-28-11-12-29(26)23(14)25(16)31-24(15)22;1-2-4-21-14(3-1)16-7-8-18-17-6-5-15-20-13-27-10-9-19(20)26-28-11-12-29(26)22(15)23(17)31-25(18)24(16)30-21/h4*1-13H. The topological polar surface area (TPSA) is 121 Å². The summed E-state index contributed by atoms with van der Waals surface area (Å²) in [6, 6.07) is 80.0. The lowest BCUT2D eigenvalue weighted by Crippen LogP contribution is -1.91. The van der Waals surface area contributed by atoms with Crippen molar-refractivity contribution in [2.24, 2.45) is 0 Å². The SMILES string of the molecule is c1ccc2c(c1)sc1c2ccc2c3ccc4c5cnccc5c5nccn5c4c3sc21.c1ccc2c(c1)sc1cc3c(cc12)sc1c3ccc2c3cnccc3c3nccn3c21.c1ccc2c(c1)sc1cc3sc4c(ccc5c6cnccc6c6nccn6c54)c3cc12.c1ccc2c(c1)sc1ccc3c4ccc5c6cnccc6c6nccn6c5c4sc3c12. The van der Waals surface area contributed by atoms with Crippen molar-refractivity contribution in [2.45, 2.75) is 0 Å². The van der Waals surface area contributed by atoms with Gasteiger partial charge in [0.2, 0.25) is 0 Å². The smallest absolute Gasteiger partial charge is 0.145 e. The van der Waals surface area contributed by atoms with Gasteiger partial charge in [-0.2, -0.15) is 0 Å². The summed E-state index contributed by atoms with van der Waals surface area (Å²) in [4.78, 5) is 36.3. The number of hydrogen-bond acceptors (Lipinski definition) is 16. The minimum Gasteiger partial charge on any atom is -0.298 e. The lowest BCUT2D eigenvalue weighted by Gasteiger charge is -2.08. The van der Waals surface area contributed by atoms with Gasteiger partial charge in [0.25, 0.3) is 0 Å². The molecule has 0 unspecified atom stereocenters. The summed E-state index contributed by atoms with van der Waals surface area (Å²) >= 11 is 15.1. The van der Waals surface area contributed by atoms with Crippen molar-refractivity contribution < 1.29 is 0 Å². The van der Waals surface area contributed by atoms with Gasteiger partial charge in [0.15, 0.2) is 0 Å². The Morgan fingerprint density at radius 3 is 0.911 bits per heavy atom. The molecule has 0 N–H and O–H groups in total. The van der Waals surface area contributed by atoms with Crippen molar-refractivity contribution in [3.05, 3.63) is 318 Å². The highest BCUT2D eigenvalue weighted by Gasteiger charge is 2.25. The lowest BCUT2D eigenvalue weighted by atomic mass is 10.0. The maximum absolute atomic E-state index is 4.68. The van der Waals surface area contributed by atoms with Crippen molar-refractivity contribution in [3.63, 3.8) is 0 Å². The van der Waals surface area contributed by atoms with Crippen LogP contribution in [0.5, 0.6) is 0 Å². The van der Waals surface area contributed by atoms with E-state index < -0.39 is 0 Å². The lowest BCUT2D eigenvalue weighted by molar-refractivity contribution is 1.28. The van der Waals surface area contributed by atoms with Crippen LogP contribution in [-0.4, -0.2) is 57.5 Å². The second-order valence-electron chi connectivity index (χ2n) is 31.6. The van der Waals surface area contributed by atoms with Gasteiger partial charge in [0.05, 0.1) is 50.3 Å². The molecule has 32 aromatic rings. The molecule has 0 amide bonds. The molecule has 0 saturated heterocycles. The van der Waals surface area contributed by atoms with Crippen molar-refractivity contribution in [3.8, 4) is 0 Å². The molecule has 12 aromatic carbocycles. The fourth-order valence-electron chi connectivity index (χ4n) is 20.0. The molecule has 124 heavy (non-hydrogen) atoms. The van der Waals surface area contributed by atoms with Gasteiger partial charge in [-0.05, 0) is 78.9 Å². The Labute approximate surface area is 729 Å². The van der Waals surface area contributed by atoms with Crippen LogP contribution < -0.4 is 0 Å². The Morgan fingerprint density at radius 2 is 0.452 bits per heavy atom. The summed E-state index contributed by atoms with van der Waals surface area (Å²) in [6.45, 7) is 0. The molecule has 0 spiro atoms. The fourth-order valence-corrected chi connectivity index (χ4v) is 30.2. The summed E-state index contributed by atoms with van der Waals surface area (Å²) in [5, 5.41) is 35.5. The van der Waals surface area contributed by atoms with Gasteiger partial charge < -0.3 is 0 Å². The number of fused-ring (bicyclic) bond motifs is 54. The minimum absolute atomic E-state index is 0.987. The van der Waals surface area contributed by atoms with Crippen molar-refractivity contribution >= 4 is 361 Å². The van der Waals surface area contributed by atoms with Crippen LogP contribution in [-0.2, 0) is 0 Å². The van der Waals surface area contributed by atoms with E-state index in [0.29, 0.717) is 0 Å². The van der Waals surface area contributed by atoms with Gasteiger partial charge in [-0.1, -0.05) is 140 Å². The minimum atomic E-state index is 0.987. The van der Waals surface area contributed by atoms with Gasteiger partial charge in [-0.15, -0.1) is 90.7 Å². The van der Waals surface area contributed by atoms with Crippen LogP contribution >= 0.6 is 90.7 Å². The van der Waals surface area contributed by atoms with E-state index in [1.807, 2.05) is 165 Å². The molecule has 32 rings (SSSR count). The highest BCUT2D eigenvalue weighted by Crippen LogP contribution is 2.52. The molecular formula is C104H52N12S8. The normalized spacial score (nSPS) is 12.5. The second kappa shape index (κ2) is 25.7. The molecular weight excluding hydrogens is 1670 g/mol. The first-order valence-corrected chi connectivity index (χ1v) is 47.2. The van der Waals surface area contributed by atoms with Gasteiger partial charge >= 0.3 is 0 Å². The van der Waals surface area contributed by atoms with Crippen LogP contribution in [0.4, 0.5) is 0 Å². The van der Waals surface area contributed by atoms with E-state index in [0.717, 1.165) is 65.7 Å². The van der Waals surface area contributed by atoms with Gasteiger partial charge in [-0.3, -0.25) is 37.5 Å². The molecule has 0 aliphatic heterocycles. The van der Waals surface area contributed by atoms with Gasteiger partial charge in [0, 0.05) is 297 Å². The maximum atomic E-state index is 4.68. The number of nitrogens with zero attached hydrogens (tertiary/aromatic N) is 12. The number of pyridine rings is 8. The third-order valence-corrected chi connectivity index (χ3v) is 35.0. The predicted molar refractivity (Wildman–Crippen MR) is 535 cm³/mol. The highest BCUT2D eigenvalue weighted by atomic mass is 32.1. The summed E-state index contributed by atoms with van der Waals surface area (Å²) < 4.78 is 30.5. The van der Waals surface area contributed by atoms with Crippen LogP contribution in [0.25, 0.3) is 271 Å². The zero-order valence-corrected chi connectivity index (χ0v) is 71.2. The zero-order chi connectivity index (χ0) is 80.4. The molecule has 20 heterocycles. The second-order valence-corrected chi connectivity index (χ2v) is 40.1. The van der Waals surface area contributed by atoms with Crippen LogP contribution in [0, 0.1) is 0 Å². The van der Waals surface area contributed by atoms with Crippen molar-refractivity contribution in [1.29, 1.82) is 0 Å². The molecule has 20 aromatic heterocycles. The third kappa shape index (κ3) is 9.51. The molecule has 0 radical (unpaired) electrons. The van der Waals surface area contributed by atoms with E-state index in [2.05, 4.69) is 301 Å². The van der Waals surface area contributed by atoms with E-state index >= 15 is 0 Å². The fraction of sp³-hybridized carbons (Fsp3) is 0. The highest BCUT2D eigenvalue weighted by molar-refractivity contribution is 7.34. The van der Waals surface area contributed by atoms with Crippen molar-refractivity contribution in [2.75, 3.05) is 0 Å². The predicted octanol–water partition coefficient (Wildman–Crippen LogP) is 31.1.